The van der Waals surface area contributed by atoms with E-state index < -0.39 is 17.6 Å². The van der Waals surface area contributed by atoms with Gasteiger partial charge in [-0.15, -0.1) is 0 Å². The van der Waals surface area contributed by atoms with Gasteiger partial charge in [-0.1, -0.05) is 17.7 Å². The van der Waals surface area contributed by atoms with Crippen molar-refractivity contribution in [2.75, 3.05) is 11.9 Å². The Balaban J connectivity index is 2.38. The van der Waals surface area contributed by atoms with Crippen LogP contribution in [0.15, 0.2) is 24.3 Å². The third kappa shape index (κ3) is 6.67. The number of ether oxygens (including phenoxy) is 1. The highest BCUT2D eigenvalue weighted by Crippen LogP contribution is 2.14. The highest BCUT2D eigenvalue weighted by Gasteiger charge is 2.16. The lowest BCUT2D eigenvalue weighted by molar-refractivity contribution is -0.153. The molecule has 104 valence electrons. The van der Waals surface area contributed by atoms with Crippen molar-refractivity contribution >= 4 is 29.3 Å². The first-order valence-electron chi connectivity index (χ1n) is 5.78. The number of halogens is 1. The number of amides is 2. The first-order valence-corrected chi connectivity index (χ1v) is 6.16. The Morgan fingerprint density at radius 1 is 1.32 bits per heavy atom. The highest BCUT2D eigenvalue weighted by molar-refractivity contribution is 6.30. The molecule has 1 aromatic carbocycles. The van der Waals surface area contributed by atoms with E-state index in [4.69, 9.17) is 16.3 Å². The van der Waals surface area contributed by atoms with Crippen LogP contribution >= 0.6 is 11.6 Å². The number of carbonyl (C=O) groups excluding carboxylic acids is 2. The summed E-state index contributed by atoms with van der Waals surface area (Å²) < 4.78 is 5.05. The van der Waals surface area contributed by atoms with Crippen molar-refractivity contribution < 1.29 is 14.3 Å². The SMILES string of the molecule is CC(C)(C)OC(=O)CNC(=O)Nc1cccc(Cl)c1. The van der Waals surface area contributed by atoms with Gasteiger partial charge in [-0.05, 0) is 39.0 Å². The number of hydrogen-bond donors (Lipinski definition) is 2. The fourth-order valence-electron chi connectivity index (χ4n) is 1.27. The Hall–Kier alpha value is -1.75. The van der Waals surface area contributed by atoms with E-state index in [0.717, 1.165) is 0 Å². The maximum absolute atomic E-state index is 11.5. The number of carbonyl (C=O) groups is 2. The number of benzene rings is 1. The third-order valence-corrected chi connectivity index (χ3v) is 2.13. The predicted octanol–water partition coefficient (Wildman–Crippen LogP) is 2.80. The van der Waals surface area contributed by atoms with E-state index in [1.165, 1.54) is 0 Å². The van der Waals surface area contributed by atoms with E-state index in [1.807, 2.05) is 0 Å². The number of rotatable bonds is 3. The van der Waals surface area contributed by atoms with Gasteiger partial charge >= 0.3 is 12.0 Å². The van der Waals surface area contributed by atoms with Crippen molar-refractivity contribution in [3.05, 3.63) is 29.3 Å². The molecule has 0 aromatic heterocycles. The molecule has 0 saturated carbocycles. The summed E-state index contributed by atoms with van der Waals surface area (Å²) in [5.41, 5.74) is -0.0171. The van der Waals surface area contributed by atoms with Crippen LogP contribution in [0.4, 0.5) is 10.5 Å². The number of hydrogen-bond acceptors (Lipinski definition) is 3. The quantitative estimate of drug-likeness (QED) is 0.839. The van der Waals surface area contributed by atoms with Crippen LogP contribution in [0.3, 0.4) is 0 Å². The van der Waals surface area contributed by atoms with Crippen molar-refractivity contribution in [1.29, 1.82) is 0 Å². The van der Waals surface area contributed by atoms with Crippen molar-refractivity contribution in [2.24, 2.45) is 0 Å². The second-order valence-corrected chi connectivity index (χ2v) is 5.34. The molecule has 0 radical (unpaired) electrons. The number of anilines is 1. The van der Waals surface area contributed by atoms with Crippen LogP contribution in [0.1, 0.15) is 20.8 Å². The zero-order chi connectivity index (χ0) is 14.5. The summed E-state index contributed by atoms with van der Waals surface area (Å²) in [4.78, 5) is 22.9. The van der Waals surface area contributed by atoms with E-state index in [2.05, 4.69) is 10.6 Å². The molecule has 2 N–H and O–H groups in total. The van der Waals surface area contributed by atoms with Crippen molar-refractivity contribution in [1.82, 2.24) is 5.32 Å². The van der Waals surface area contributed by atoms with Crippen LogP contribution < -0.4 is 10.6 Å². The summed E-state index contributed by atoms with van der Waals surface area (Å²) in [5, 5.41) is 5.48. The Morgan fingerprint density at radius 3 is 2.58 bits per heavy atom. The molecule has 0 atom stereocenters. The minimum absolute atomic E-state index is 0.191. The minimum atomic E-state index is -0.567. The van der Waals surface area contributed by atoms with Crippen LogP contribution in [0.25, 0.3) is 0 Å². The molecule has 0 aliphatic rings. The highest BCUT2D eigenvalue weighted by atomic mass is 35.5. The van der Waals surface area contributed by atoms with Gasteiger partial charge in [-0.25, -0.2) is 4.79 Å². The molecule has 0 fully saturated rings. The molecular weight excluding hydrogens is 268 g/mol. The average molecular weight is 285 g/mol. The second-order valence-electron chi connectivity index (χ2n) is 4.90. The van der Waals surface area contributed by atoms with Gasteiger partial charge in [0, 0.05) is 10.7 Å². The largest absolute Gasteiger partial charge is 0.459 e. The van der Waals surface area contributed by atoms with E-state index in [-0.39, 0.29) is 6.54 Å². The number of esters is 1. The topological polar surface area (TPSA) is 67.4 Å². The molecule has 0 bridgehead atoms. The van der Waals surface area contributed by atoms with Crippen LogP contribution in [-0.2, 0) is 9.53 Å². The molecule has 0 unspecified atom stereocenters. The van der Waals surface area contributed by atoms with E-state index >= 15 is 0 Å². The lowest BCUT2D eigenvalue weighted by Gasteiger charge is -2.19. The fourth-order valence-corrected chi connectivity index (χ4v) is 1.46. The Bertz CT molecular complexity index is 469. The predicted molar refractivity (Wildman–Crippen MR) is 74.3 cm³/mol. The molecule has 1 rings (SSSR count). The van der Waals surface area contributed by atoms with Crippen molar-refractivity contribution in [3.8, 4) is 0 Å². The van der Waals surface area contributed by atoms with Gasteiger partial charge in [0.15, 0.2) is 0 Å². The molecule has 1 aromatic rings. The number of nitrogens with one attached hydrogen (secondary N) is 2. The second kappa shape index (κ2) is 6.43. The van der Waals surface area contributed by atoms with Crippen LogP contribution in [0.5, 0.6) is 0 Å². The zero-order valence-electron chi connectivity index (χ0n) is 11.1. The number of urea groups is 1. The van der Waals surface area contributed by atoms with Gasteiger partial charge in [0.1, 0.15) is 12.1 Å². The van der Waals surface area contributed by atoms with Gasteiger partial charge in [0.2, 0.25) is 0 Å². The van der Waals surface area contributed by atoms with Crippen molar-refractivity contribution in [2.45, 2.75) is 26.4 Å². The molecule has 2 amide bonds. The Morgan fingerprint density at radius 2 is 2.00 bits per heavy atom. The zero-order valence-corrected chi connectivity index (χ0v) is 11.9. The summed E-state index contributed by atoms with van der Waals surface area (Å²) in [6, 6.07) is 6.22. The van der Waals surface area contributed by atoms with Crippen LogP contribution in [-0.4, -0.2) is 24.1 Å². The maximum atomic E-state index is 11.5. The maximum Gasteiger partial charge on any atom is 0.325 e. The van der Waals surface area contributed by atoms with Crippen molar-refractivity contribution in [3.63, 3.8) is 0 Å². The molecular formula is C13H17ClN2O3. The van der Waals surface area contributed by atoms with Gasteiger partial charge in [-0.3, -0.25) is 4.79 Å². The molecule has 6 heteroatoms. The molecule has 0 heterocycles. The minimum Gasteiger partial charge on any atom is -0.459 e. The van der Waals surface area contributed by atoms with Crippen LogP contribution in [0.2, 0.25) is 5.02 Å². The van der Waals surface area contributed by atoms with E-state index in [0.29, 0.717) is 10.7 Å². The molecule has 5 nitrogen and oxygen atoms in total. The fraction of sp³-hybridized carbons (Fsp3) is 0.385. The molecule has 19 heavy (non-hydrogen) atoms. The van der Waals surface area contributed by atoms with Gasteiger partial charge in [-0.2, -0.15) is 0 Å². The summed E-state index contributed by atoms with van der Waals surface area (Å²) in [6.07, 6.45) is 0. The third-order valence-electron chi connectivity index (χ3n) is 1.90. The Kier molecular flexibility index (Phi) is 5.18. The standard InChI is InChI=1S/C13H17ClN2O3/c1-13(2,3)19-11(17)8-15-12(18)16-10-6-4-5-9(14)7-10/h4-7H,8H2,1-3H3,(H2,15,16,18). The molecule has 0 aliphatic carbocycles. The van der Waals surface area contributed by atoms with Gasteiger partial charge < -0.3 is 15.4 Å². The Labute approximate surface area is 117 Å². The molecule has 0 aliphatic heterocycles. The summed E-state index contributed by atoms with van der Waals surface area (Å²) in [5.74, 6) is -0.492. The first kappa shape index (κ1) is 15.3. The lowest BCUT2D eigenvalue weighted by atomic mass is 10.2. The van der Waals surface area contributed by atoms with E-state index in [9.17, 15) is 9.59 Å². The van der Waals surface area contributed by atoms with E-state index in [1.54, 1.807) is 45.0 Å². The summed E-state index contributed by atoms with van der Waals surface area (Å²) in [7, 11) is 0. The lowest BCUT2D eigenvalue weighted by Crippen LogP contribution is -2.36. The van der Waals surface area contributed by atoms with Gasteiger partial charge in [0.25, 0.3) is 0 Å². The molecule has 0 spiro atoms. The average Bonchev–Trinajstić information content (AvgIpc) is 2.24. The van der Waals surface area contributed by atoms with Gasteiger partial charge in [0.05, 0.1) is 0 Å². The summed E-state index contributed by atoms with van der Waals surface area (Å²) >= 11 is 5.78. The summed E-state index contributed by atoms with van der Waals surface area (Å²) in [6.45, 7) is 5.09. The first-order chi connectivity index (χ1) is 8.76. The van der Waals surface area contributed by atoms with Crippen LogP contribution in [0, 0.1) is 0 Å². The molecule has 0 saturated heterocycles. The smallest absolute Gasteiger partial charge is 0.325 e. The normalized spacial score (nSPS) is 10.7. The monoisotopic (exact) mass is 284 g/mol.